The average molecular weight is 260 g/mol. The second-order valence-electron chi connectivity index (χ2n) is 3.89. The van der Waals surface area contributed by atoms with Crippen molar-refractivity contribution in [1.82, 2.24) is 0 Å². The predicted octanol–water partition coefficient (Wildman–Crippen LogP) is 2.72. The van der Waals surface area contributed by atoms with Crippen LogP contribution in [0.15, 0.2) is 18.2 Å². The van der Waals surface area contributed by atoms with E-state index in [9.17, 15) is 18.9 Å². The lowest BCUT2D eigenvalue weighted by Gasteiger charge is -2.12. The largest absolute Gasteiger partial charge is 0.393 e. The third-order valence-electron chi connectivity index (χ3n) is 2.36. The van der Waals surface area contributed by atoms with E-state index in [0.717, 1.165) is 12.1 Å². The van der Waals surface area contributed by atoms with E-state index >= 15 is 0 Å². The van der Waals surface area contributed by atoms with Crippen molar-refractivity contribution in [3.63, 3.8) is 0 Å². The number of nitrogens with zero attached hydrogens (tertiary/aromatic N) is 1. The molecule has 1 unspecified atom stereocenters. The molecule has 1 atom stereocenters. The molecule has 0 aliphatic rings. The Morgan fingerprint density at radius 3 is 2.67 bits per heavy atom. The summed E-state index contributed by atoms with van der Waals surface area (Å²) in [6.45, 7) is 1.90. The molecule has 0 heterocycles. The first kappa shape index (κ1) is 14.3. The minimum absolute atomic E-state index is 0.149. The molecule has 0 saturated carbocycles. The molecule has 0 fully saturated rings. The van der Waals surface area contributed by atoms with Gasteiger partial charge in [-0.05, 0) is 19.4 Å². The third kappa shape index (κ3) is 3.92. The summed E-state index contributed by atoms with van der Waals surface area (Å²) in [6.07, 6.45) is -2.93. The van der Waals surface area contributed by atoms with E-state index in [1.807, 2.05) is 0 Å². The summed E-state index contributed by atoms with van der Waals surface area (Å²) in [7, 11) is 0. The van der Waals surface area contributed by atoms with Crippen molar-refractivity contribution < 1.29 is 18.8 Å². The summed E-state index contributed by atoms with van der Waals surface area (Å²) in [5, 5.41) is 22.3. The molecule has 7 heteroatoms. The Kier molecular flexibility index (Phi) is 4.96. The zero-order valence-corrected chi connectivity index (χ0v) is 9.77. The van der Waals surface area contributed by atoms with Crippen LogP contribution in [0.1, 0.15) is 25.3 Å². The topological polar surface area (TPSA) is 75.4 Å². The zero-order chi connectivity index (χ0) is 13.7. The van der Waals surface area contributed by atoms with Gasteiger partial charge in [-0.15, -0.1) is 0 Å². The highest BCUT2D eigenvalue weighted by Crippen LogP contribution is 2.30. The Morgan fingerprint density at radius 2 is 2.17 bits per heavy atom. The van der Waals surface area contributed by atoms with Crippen molar-refractivity contribution in [3.05, 3.63) is 33.9 Å². The van der Waals surface area contributed by atoms with Gasteiger partial charge in [-0.3, -0.25) is 10.1 Å². The fraction of sp³-hybridized carbons (Fsp3) is 0.455. The van der Waals surface area contributed by atoms with E-state index < -0.39 is 23.0 Å². The van der Waals surface area contributed by atoms with Crippen LogP contribution in [-0.4, -0.2) is 22.7 Å². The van der Waals surface area contributed by atoms with Crippen LogP contribution >= 0.6 is 0 Å². The number of nitrogens with one attached hydrogen (secondary N) is 1. The molecule has 5 nitrogen and oxygen atoms in total. The monoisotopic (exact) mass is 260 g/mol. The lowest BCUT2D eigenvalue weighted by Crippen LogP contribution is -2.11. The molecule has 1 aromatic rings. The van der Waals surface area contributed by atoms with Crippen molar-refractivity contribution in [2.75, 3.05) is 11.9 Å². The summed E-state index contributed by atoms with van der Waals surface area (Å²) in [6, 6.07) is 3.27. The van der Waals surface area contributed by atoms with Gasteiger partial charge in [0.2, 0.25) is 0 Å². The lowest BCUT2D eigenvalue weighted by atomic mass is 10.1. The maximum Gasteiger partial charge on any atom is 0.270 e. The van der Waals surface area contributed by atoms with Crippen molar-refractivity contribution in [2.45, 2.75) is 25.9 Å². The molecule has 1 rings (SSSR count). The molecule has 18 heavy (non-hydrogen) atoms. The molecule has 0 saturated heterocycles. The second-order valence-corrected chi connectivity index (χ2v) is 3.89. The fourth-order valence-corrected chi connectivity index (χ4v) is 1.42. The molecule has 0 radical (unpaired) electrons. The van der Waals surface area contributed by atoms with Crippen LogP contribution in [0.2, 0.25) is 0 Å². The third-order valence-corrected chi connectivity index (χ3v) is 2.36. The second kappa shape index (κ2) is 6.25. The SMILES string of the molecule is CC(O)CCNc1ccc([N+](=O)[O-])cc1C(F)F. The summed E-state index contributed by atoms with van der Waals surface area (Å²) < 4.78 is 25.5. The number of aliphatic hydroxyl groups is 1. The van der Waals surface area contributed by atoms with Crippen molar-refractivity contribution in [1.29, 1.82) is 0 Å². The Hall–Kier alpha value is -1.76. The molecule has 0 bridgehead atoms. The van der Waals surface area contributed by atoms with Gasteiger partial charge in [-0.2, -0.15) is 0 Å². The maximum atomic E-state index is 12.7. The van der Waals surface area contributed by atoms with E-state index in [1.54, 1.807) is 6.92 Å². The van der Waals surface area contributed by atoms with Gasteiger partial charge in [0.15, 0.2) is 0 Å². The van der Waals surface area contributed by atoms with E-state index in [0.29, 0.717) is 13.0 Å². The van der Waals surface area contributed by atoms with Gasteiger partial charge >= 0.3 is 0 Å². The fourth-order valence-electron chi connectivity index (χ4n) is 1.42. The van der Waals surface area contributed by atoms with Crippen molar-refractivity contribution in [2.24, 2.45) is 0 Å². The Balaban J connectivity index is 2.86. The normalized spacial score (nSPS) is 12.5. The average Bonchev–Trinajstić information content (AvgIpc) is 2.28. The van der Waals surface area contributed by atoms with Gasteiger partial charge in [0.1, 0.15) is 0 Å². The van der Waals surface area contributed by atoms with Crippen molar-refractivity contribution in [3.8, 4) is 0 Å². The predicted molar refractivity (Wildman–Crippen MR) is 62.8 cm³/mol. The molecule has 100 valence electrons. The molecular weight excluding hydrogens is 246 g/mol. The molecule has 0 amide bonds. The van der Waals surface area contributed by atoms with Crippen LogP contribution < -0.4 is 5.32 Å². The Morgan fingerprint density at radius 1 is 1.50 bits per heavy atom. The number of rotatable bonds is 6. The Bertz CT molecular complexity index is 425. The van der Waals surface area contributed by atoms with Crippen LogP contribution in [0.3, 0.4) is 0 Å². The number of nitro benzene ring substituents is 1. The van der Waals surface area contributed by atoms with Crippen LogP contribution in [0.5, 0.6) is 0 Å². The highest BCUT2D eigenvalue weighted by atomic mass is 19.3. The number of anilines is 1. The van der Waals surface area contributed by atoms with Gasteiger partial charge < -0.3 is 10.4 Å². The number of hydrogen-bond acceptors (Lipinski definition) is 4. The summed E-state index contributed by atoms with van der Waals surface area (Å²) in [4.78, 5) is 9.78. The number of non-ortho nitro benzene ring substituents is 1. The first-order chi connectivity index (χ1) is 8.41. The smallest absolute Gasteiger partial charge is 0.270 e. The van der Waals surface area contributed by atoms with Gasteiger partial charge in [0.05, 0.1) is 11.0 Å². The van der Waals surface area contributed by atoms with Crippen LogP contribution in [0, 0.1) is 10.1 Å². The lowest BCUT2D eigenvalue weighted by molar-refractivity contribution is -0.385. The molecule has 0 aliphatic heterocycles. The number of aliphatic hydroxyl groups excluding tert-OH is 1. The quantitative estimate of drug-likeness (QED) is 0.609. The maximum absolute atomic E-state index is 12.7. The highest BCUT2D eigenvalue weighted by Gasteiger charge is 2.17. The number of halogens is 2. The molecule has 2 N–H and O–H groups in total. The van der Waals surface area contributed by atoms with Crippen LogP contribution in [-0.2, 0) is 0 Å². The summed E-state index contributed by atoms with van der Waals surface area (Å²) in [5.41, 5.74) is -0.627. The number of hydrogen-bond donors (Lipinski definition) is 2. The van der Waals surface area contributed by atoms with Gasteiger partial charge in [0, 0.05) is 29.9 Å². The van der Waals surface area contributed by atoms with Gasteiger partial charge in [0.25, 0.3) is 12.1 Å². The minimum Gasteiger partial charge on any atom is -0.393 e. The van der Waals surface area contributed by atoms with E-state index in [4.69, 9.17) is 5.11 Å². The molecule has 0 aliphatic carbocycles. The van der Waals surface area contributed by atoms with Crippen molar-refractivity contribution >= 4 is 11.4 Å². The number of alkyl halides is 2. The van der Waals surface area contributed by atoms with E-state index in [-0.39, 0.29) is 11.4 Å². The van der Waals surface area contributed by atoms with Gasteiger partial charge in [-0.25, -0.2) is 8.78 Å². The molecule has 0 aromatic heterocycles. The van der Waals surface area contributed by atoms with Crippen LogP contribution in [0.4, 0.5) is 20.2 Å². The van der Waals surface area contributed by atoms with E-state index in [1.165, 1.54) is 6.07 Å². The number of benzene rings is 1. The standard InChI is InChI=1S/C11H14F2N2O3/c1-7(16)4-5-14-10-3-2-8(15(17)18)6-9(10)11(12)13/h2-3,6-7,11,14,16H,4-5H2,1H3. The molecule has 0 spiro atoms. The summed E-state index contributed by atoms with van der Waals surface area (Å²) in [5.74, 6) is 0. The molecular formula is C11H14F2N2O3. The summed E-state index contributed by atoms with van der Waals surface area (Å²) >= 11 is 0. The minimum atomic E-state index is -2.79. The first-order valence-electron chi connectivity index (χ1n) is 5.40. The zero-order valence-electron chi connectivity index (χ0n) is 9.77. The molecule has 1 aromatic carbocycles. The first-order valence-corrected chi connectivity index (χ1v) is 5.40. The van der Waals surface area contributed by atoms with Crippen LogP contribution in [0.25, 0.3) is 0 Å². The van der Waals surface area contributed by atoms with E-state index in [2.05, 4.69) is 5.32 Å². The highest BCUT2D eigenvalue weighted by molar-refractivity contribution is 5.56. The van der Waals surface area contributed by atoms with Gasteiger partial charge in [-0.1, -0.05) is 0 Å². The number of nitro groups is 1. The Labute approximate surface area is 103 Å².